The molecule has 2 aromatic heterocycles. The van der Waals surface area contributed by atoms with E-state index in [2.05, 4.69) is 20.7 Å². The third-order valence-electron chi connectivity index (χ3n) is 2.24. The first kappa shape index (κ1) is 14.9. The average molecular weight is 380 g/mol. The van der Waals surface area contributed by atoms with Crippen LogP contribution in [0.2, 0.25) is 0 Å². The van der Waals surface area contributed by atoms with E-state index in [4.69, 9.17) is 0 Å². The van der Waals surface area contributed by atoms with E-state index in [1.165, 1.54) is 22.7 Å². The van der Waals surface area contributed by atoms with Crippen LogP contribution >= 0.6 is 38.6 Å². The monoisotopic (exact) mass is 379 g/mol. The molecule has 0 unspecified atom stereocenters. The average Bonchev–Trinajstić information content (AvgIpc) is 3.07. The van der Waals surface area contributed by atoms with E-state index in [1.54, 1.807) is 18.2 Å². The van der Waals surface area contributed by atoms with Crippen LogP contribution < -0.4 is 4.72 Å². The first-order valence-electron chi connectivity index (χ1n) is 5.22. The Hall–Kier alpha value is -0.540. The van der Waals surface area contributed by atoms with Crippen LogP contribution in [0, 0.1) is 0 Å². The molecule has 8 heteroatoms. The van der Waals surface area contributed by atoms with Crippen molar-refractivity contribution in [1.29, 1.82) is 0 Å². The summed E-state index contributed by atoms with van der Waals surface area (Å²) in [4.78, 5) is 14.2. The lowest BCUT2D eigenvalue weighted by atomic mass is 10.3. The molecule has 0 fully saturated rings. The molecule has 1 N–H and O–H groups in total. The highest BCUT2D eigenvalue weighted by Gasteiger charge is 2.14. The van der Waals surface area contributed by atoms with Gasteiger partial charge >= 0.3 is 0 Å². The number of alkyl halides is 1. The summed E-state index contributed by atoms with van der Waals surface area (Å²) in [6.45, 7) is 0.205. The number of hydrogen-bond donors (Lipinski definition) is 1. The quantitative estimate of drug-likeness (QED) is 0.619. The van der Waals surface area contributed by atoms with E-state index >= 15 is 0 Å². The van der Waals surface area contributed by atoms with Crippen LogP contribution in [0.3, 0.4) is 0 Å². The molecule has 0 aliphatic carbocycles. The Balaban J connectivity index is 2.06. The van der Waals surface area contributed by atoms with Gasteiger partial charge in [0.1, 0.15) is 4.66 Å². The number of thiophene rings is 2. The number of carbonyl (C=O) groups excluding carboxylic acids is 1. The molecule has 0 amide bonds. The smallest absolute Gasteiger partial charge is 0.221 e. The van der Waals surface area contributed by atoms with Gasteiger partial charge in [-0.05, 0) is 23.6 Å². The summed E-state index contributed by atoms with van der Waals surface area (Å²) in [5.41, 5.74) is 0. The van der Waals surface area contributed by atoms with Gasteiger partial charge in [-0.3, -0.25) is 4.79 Å². The van der Waals surface area contributed by atoms with Crippen molar-refractivity contribution < 1.29 is 13.2 Å². The van der Waals surface area contributed by atoms with E-state index in [0.717, 1.165) is 4.88 Å². The van der Waals surface area contributed by atoms with Gasteiger partial charge < -0.3 is 0 Å². The molecule has 102 valence electrons. The normalized spacial score (nSPS) is 11.6. The summed E-state index contributed by atoms with van der Waals surface area (Å²) in [7, 11) is -3.28. The third kappa shape index (κ3) is 3.96. The van der Waals surface area contributed by atoms with Crippen LogP contribution in [0.5, 0.6) is 0 Å². The van der Waals surface area contributed by atoms with Crippen LogP contribution in [-0.4, -0.2) is 18.9 Å². The lowest BCUT2D eigenvalue weighted by Gasteiger charge is -2.00. The van der Waals surface area contributed by atoms with Gasteiger partial charge in [-0.15, -0.1) is 22.7 Å². The van der Waals surface area contributed by atoms with E-state index in [0.29, 0.717) is 9.75 Å². The summed E-state index contributed by atoms with van der Waals surface area (Å²) in [5.74, 6) is -0.0189. The molecule has 0 aliphatic rings. The van der Waals surface area contributed by atoms with Crippen molar-refractivity contribution >= 4 is 54.4 Å². The highest BCUT2D eigenvalue weighted by Crippen LogP contribution is 2.22. The van der Waals surface area contributed by atoms with Gasteiger partial charge in [0.15, 0.2) is 0 Å². The number of nitrogens with one attached hydrogen (secondary N) is 1. The van der Waals surface area contributed by atoms with E-state index in [1.807, 2.05) is 11.4 Å². The van der Waals surface area contributed by atoms with Crippen molar-refractivity contribution in [2.45, 2.75) is 6.54 Å². The second kappa shape index (κ2) is 6.27. The summed E-state index contributed by atoms with van der Waals surface area (Å²) in [5, 5.41) is 1.85. The Morgan fingerprint density at radius 1 is 1.26 bits per heavy atom. The van der Waals surface area contributed by atoms with Crippen LogP contribution in [0.15, 0.2) is 29.6 Å². The number of carbonyl (C=O) groups is 1. The molecule has 0 aromatic carbocycles. The highest BCUT2D eigenvalue weighted by molar-refractivity contribution is 9.10. The zero-order valence-electron chi connectivity index (χ0n) is 9.63. The Labute approximate surface area is 127 Å². The fraction of sp³-hybridized carbons (Fsp3) is 0.182. The molecule has 0 spiro atoms. The van der Waals surface area contributed by atoms with Crippen molar-refractivity contribution in [2.75, 3.05) is 4.66 Å². The maximum absolute atomic E-state index is 12.1. The summed E-state index contributed by atoms with van der Waals surface area (Å²) in [6.07, 6.45) is 0. The van der Waals surface area contributed by atoms with E-state index in [-0.39, 0.29) is 17.0 Å². The molecule has 0 aliphatic heterocycles. The summed E-state index contributed by atoms with van der Waals surface area (Å²) < 4.78 is 24.9. The standard InChI is InChI=1S/C11H10BrNO3S3/c12-7-19(15,16)13-6-8-3-4-10(18-8)11(14)9-2-1-5-17-9/h1-5,13H,6-7H2. The van der Waals surface area contributed by atoms with Gasteiger partial charge in [-0.1, -0.05) is 22.0 Å². The lowest BCUT2D eigenvalue weighted by Crippen LogP contribution is -2.23. The molecule has 2 heterocycles. The fourth-order valence-electron chi connectivity index (χ4n) is 1.34. The molecule has 0 radical (unpaired) electrons. The van der Waals surface area contributed by atoms with E-state index in [9.17, 15) is 13.2 Å². The zero-order chi connectivity index (χ0) is 13.9. The van der Waals surface area contributed by atoms with Gasteiger partial charge in [-0.25, -0.2) is 13.1 Å². The topological polar surface area (TPSA) is 63.2 Å². The largest absolute Gasteiger partial charge is 0.287 e. The van der Waals surface area contributed by atoms with Gasteiger partial charge in [0, 0.05) is 11.4 Å². The molecule has 0 saturated heterocycles. The number of hydrogen-bond acceptors (Lipinski definition) is 5. The molecular formula is C11H10BrNO3S3. The first-order valence-corrected chi connectivity index (χ1v) is 9.69. The van der Waals surface area contributed by atoms with E-state index < -0.39 is 10.0 Å². The molecule has 0 bridgehead atoms. The maximum Gasteiger partial charge on any atom is 0.221 e. The zero-order valence-corrected chi connectivity index (χ0v) is 13.7. The molecule has 0 atom stereocenters. The minimum Gasteiger partial charge on any atom is -0.287 e. The predicted molar refractivity (Wildman–Crippen MR) is 81.6 cm³/mol. The number of sulfonamides is 1. The second-order valence-electron chi connectivity index (χ2n) is 3.62. The van der Waals surface area contributed by atoms with Crippen molar-refractivity contribution in [1.82, 2.24) is 4.72 Å². The van der Waals surface area contributed by atoms with Crippen molar-refractivity contribution in [3.05, 3.63) is 44.3 Å². The molecule has 0 saturated carbocycles. The van der Waals surface area contributed by atoms with Crippen molar-refractivity contribution in [3.63, 3.8) is 0 Å². The Morgan fingerprint density at radius 2 is 2.05 bits per heavy atom. The highest BCUT2D eigenvalue weighted by atomic mass is 79.9. The van der Waals surface area contributed by atoms with Crippen LogP contribution in [-0.2, 0) is 16.6 Å². The van der Waals surface area contributed by atoms with Gasteiger partial charge in [0.25, 0.3) is 0 Å². The molecular weight excluding hydrogens is 370 g/mol. The van der Waals surface area contributed by atoms with Crippen LogP contribution in [0.25, 0.3) is 0 Å². The summed E-state index contributed by atoms with van der Waals surface area (Å²) >= 11 is 5.60. The fourth-order valence-corrected chi connectivity index (χ4v) is 4.02. The number of rotatable bonds is 6. The molecule has 19 heavy (non-hydrogen) atoms. The maximum atomic E-state index is 12.1. The molecule has 2 rings (SSSR count). The van der Waals surface area contributed by atoms with Crippen molar-refractivity contribution in [3.8, 4) is 0 Å². The molecule has 4 nitrogen and oxygen atoms in total. The molecule has 2 aromatic rings. The second-order valence-corrected chi connectivity index (χ2v) is 8.84. The Bertz CT molecular complexity index is 661. The van der Waals surface area contributed by atoms with Gasteiger partial charge in [0.05, 0.1) is 9.75 Å². The number of ketones is 1. The van der Waals surface area contributed by atoms with Crippen LogP contribution in [0.4, 0.5) is 0 Å². The van der Waals surface area contributed by atoms with Gasteiger partial charge in [0.2, 0.25) is 15.8 Å². The summed E-state index contributed by atoms with van der Waals surface area (Å²) in [6, 6.07) is 7.10. The minimum absolute atomic E-state index is 0.0189. The number of halogens is 1. The lowest BCUT2D eigenvalue weighted by molar-refractivity contribution is 0.104. The first-order chi connectivity index (χ1) is 9.02. The SMILES string of the molecule is O=C(c1cccs1)c1ccc(CNS(=O)(=O)CBr)s1. The van der Waals surface area contributed by atoms with Gasteiger partial charge in [-0.2, -0.15) is 0 Å². The third-order valence-corrected chi connectivity index (χ3v) is 6.87. The van der Waals surface area contributed by atoms with Crippen molar-refractivity contribution in [2.24, 2.45) is 0 Å². The van der Waals surface area contributed by atoms with Crippen LogP contribution in [0.1, 0.15) is 19.4 Å². The predicted octanol–water partition coefficient (Wildman–Crippen LogP) is 2.81. The minimum atomic E-state index is -3.28. The Morgan fingerprint density at radius 3 is 2.68 bits per heavy atom. The Kier molecular flexibility index (Phi) is 4.91.